The van der Waals surface area contributed by atoms with Crippen molar-refractivity contribution in [2.75, 3.05) is 26.7 Å². The van der Waals surface area contributed by atoms with Crippen LogP contribution in [-0.4, -0.2) is 49.5 Å². The van der Waals surface area contributed by atoms with E-state index in [1.54, 1.807) is 25.3 Å². The van der Waals surface area contributed by atoms with Crippen LogP contribution in [0.1, 0.15) is 23.2 Å². The Balaban J connectivity index is 1.92. The molecule has 1 aliphatic heterocycles. The Labute approximate surface area is 138 Å². The lowest BCUT2D eigenvalue weighted by Gasteiger charge is -2.31. The lowest BCUT2D eigenvalue weighted by Crippen LogP contribution is -2.46. The third kappa shape index (κ3) is 4.45. The molecule has 3 N–H and O–H groups in total. The number of halogens is 1. The van der Waals surface area contributed by atoms with Crippen molar-refractivity contribution in [1.29, 1.82) is 0 Å². The number of amides is 2. The minimum Gasteiger partial charge on any atom is -0.497 e. The fourth-order valence-corrected chi connectivity index (χ4v) is 2.95. The van der Waals surface area contributed by atoms with Gasteiger partial charge in [-0.3, -0.25) is 14.5 Å². The van der Waals surface area contributed by atoms with E-state index >= 15 is 0 Å². The summed E-state index contributed by atoms with van der Waals surface area (Å²) in [6, 6.07) is 5.41. The third-order valence-electron chi connectivity index (χ3n) is 3.72. The highest BCUT2D eigenvalue weighted by molar-refractivity contribution is 9.10. The number of piperidine rings is 1. The highest BCUT2D eigenvalue weighted by Gasteiger charge is 2.22. The zero-order valence-electron chi connectivity index (χ0n) is 12.5. The van der Waals surface area contributed by atoms with Crippen molar-refractivity contribution in [3.8, 4) is 5.75 Å². The van der Waals surface area contributed by atoms with Crippen molar-refractivity contribution in [3.63, 3.8) is 0 Å². The highest BCUT2D eigenvalue weighted by atomic mass is 79.9. The number of hydrogen-bond donors (Lipinski definition) is 2. The summed E-state index contributed by atoms with van der Waals surface area (Å²) in [7, 11) is 1.57. The topological polar surface area (TPSA) is 84.7 Å². The average Bonchev–Trinajstić information content (AvgIpc) is 2.49. The number of nitrogens with one attached hydrogen (secondary N) is 1. The summed E-state index contributed by atoms with van der Waals surface area (Å²) >= 11 is 3.39. The predicted molar refractivity (Wildman–Crippen MR) is 86.8 cm³/mol. The molecular formula is C15H20BrN3O3. The number of nitrogens with zero attached hydrogens (tertiary/aromatic N) is 1. The minimum atomic E-state index is -0.317. The summed E-state index contributed by atoms with van der Waals surface area (Å²) in [6.07, 6.45) is 1.61. The number of carbonyl (C=O) groups excluding carboxylic acids is 2. The van der Waals surface area contributed by atoms with E-state index in [0.29, 0.717) is 11.3 Å². The molecule has 0 atom stereocenters. The Morgan fingerprint density at radius 2 is 2.09 bits per heavy atom. The molecule has 22 heavy (non-hydrogen) atoms. The summed E-state index contributed by atoms with van der Waals surface area (Å²) < 4.78 is 5.88. The first-order valence-electron chi connectivity index (χ1n) is 7.14. The second-order valence-electron chi connectivity index (χ2n) is 5.34. The number of ether oxygens (including phenoxy) is 1. The van der Waals surface area contributed by atoms with Crippen LogP contribution in [0.25, 0.3) is 0 Å². The van der Waals surface area contributed by atoms with Crippen LogP contribution in [0.3, 0.4) is 0 Å². The van der Waals surface area contributed by atoms with Crippen molar-refractivity contribution in [2.45, 2.75) is 18.9 Å². The molecule has 0 unspecified atom stereocenters. The van der Waals surface area contributed by atoms with Gasteiger partial charge in [0.2, 0.25) is 5.91 Å². The predicted octanol–water partition coefficient (Wildman–Crippen LogP) is 1.14. The maximum atomic E-state index is 12.4. The standard InChI is InChI=1S/C15H20BrN3O3/c1-22-11-2-3-13(16)12(8-11)15(21)18-10-4-6-19(7-5-10)9-14(17)20/h2-3,8,10H,4-7,9H2,1H3,(H2,17,20)(H,18,21). The minimum absolute atomic E-state index is 0.106. The fourth-order valence-electron chi connectivity index (χ4n) is 2.52. The number of nitrogens with two attached hydrogens (primary N) is 1. The molecular weight excluding hydrogens is 350 g/mol. The molecule has 0 aliphatic carbocycles. The van der Waals surface area contributed by atoms with Gasteiger partial charge in [-0.2, -0.15) is 0 Å². The van der Waals surface area contributed by atoms with E-state index < -0.39 is 0 Å². The maximum Gasteiger partial charge on any atom is 0.252 e. The molecule has 1 heterocycles. The second-order valence-corrected chi connectivity index (χ2v) is 6.19. The normalized spacial score (nSPS) is 16.3. The quantitative estimate of drug-likeness (QED) is 0.814. The SMILES string of the molecule is COc1ccc(Br)c(C(=O)NC2CCN(CC(N)=O)CC2)c1. The molecule has 1 aromatic rings. The van der Waals surface area contributed by atoms with E-state index in [9.17, 15) is 9.59 Å². The molecule has 1 fully saturated rings. The smallest absolute Gasteiger partial charge is 0.252 e. The van der Waals surface area contributed by atoms with Crippen LogP contribution < -0.4 is 15.8 Å². The molecule has 2 rings (SSSR count). The number of likely N-dealkylation sites (tertiary alicyclic amines) is 1. The number of carbonyl (C=O) groups is 2. The molecule has 7 heteroatoms. The van der Waals surface area contributed by atoms with Crippen LogP contribution >= 0.6 is 15.9 Å². The van der Waals surface area contributed by atoms with Crippen molar-refractivity contribution in [1.82, 2.24) is 10.2 Å². The first-order chi connectivity index (χ1) is 10.5. The monoisotopic (exact) mass is 369 g/mol. The zero-order chi connectivity index (χ0) is 16.1. The second kappa shape index (κ2) is 7.60. The molecule has 1 aromatic carbocycles. The van der Waals surface area contributed by atoms with Gasteiger partial charge in [-0.1, -0.05) is 0 Å². The Kier molecular flexibility index (Phi) is 5.79. The number of hydrogen-bond acceptors (Lipinski definition) is 4. The molecule has 1 aliphatic rings. The van der Waals surface area contributed by atoms with Gasteiger partial charge >= 0.3 is 0 Å². The molecule has 6 nitrogen and oxygen atoms in total. The highest BCUT2D eigenvalue weighted by Crippen LogP contribution is 2.23. The van der Waals surface area contributed by atoms with Crippen LogP contribution in [0.2, 0.25) is 0 Å². The van der Waals surface area contributed by atoms with Gasteiger partial charge < -0.3 is 15.8 Å². The lowest BCUT2D eigenvalue weighted by atomic mass is 10.0. The summed E-state index contributed by atoms with van der Waals surface area (Å²) in [4.78, 5) is 25.3. The van der Waals surface area contributed by atoms with Gasteiger partial charge in [0.15, 0.2) is 0 Å². The Morgan fingerprint density at radius 3 is 2.68 bits per heavy atom. The molecule has 2 amide bonds. The van der Waals surface area contributed by atoms with Crippen LogP contribution in [0.4, 0.5) is 0 Å². The Bertz CT molecular complexity index is 557. The van der Waals surface area contributed by atoms with E-state index in [2.05, 4.69) is 21.2 Å². The van der Waals surface area contributed by atoms with Crippen molar-refractivity contribution in [2.24, 2.45) is 5.73 Å². The van der Waals surface area contributed by atoms with Gasteiger partial charge in [-0.25, -0.2) is 0 Å². The van der Waals surface area contributed by atoms with E-state index in [1.165, 1.54) is 0 Å². The number of primary amides is 1. The van der Waals surface area contributed by atoms with Gasteiger partial charge in [0.25, 0.3) is 5.91 Å². The molecule has 0 saturated carbocycles. The third-order valence-corrected chi connectivity index (χ3v) is 4.41. The first-order valence-corrected chi connectivity index (χ1v) is 7.94. The lowest BCUT2D eigenvalue weighted by molar-refractivity contribution is -0.119. The largest absolute Gasteiger partial charge is 0.497 e. The van der Waals surface area contributed by atoms with Crippen LogP contribution in [-0.2, 0) is 4.79 Å². The van der Waals surface area contributed by atoms with Crippen molar-refractivity contribution in [3.05, 3.63) is 28.2 Å². The molecule has 0 spiro atoms. The number of rotatable bonds is 5. The van der Waals surface area contributed by atoms with Crippen molar-refractivity contribution >= 4 is 27.7 Å². The average molecular weight is 370 g/mol. The van der Waals surface area contributed by atoms with E-state index in [0.717, 1.165) is 30.4 Å². The van der Waals surface area contributed by atoms with E-state index in [4.69, 9.17) is 10.5 Å². The van der Waals surface area contributed by atoms with Gasteiger partial charge in [0.1, 0.15) is 5.75 Å². The fraction of sp³-hybridized carbons (Fsp3) is 0.467. The first kappa shape index (κ1) is 16.8. The van der Waals surface area contributed by atoms with Gasteiger partial charge in [0, 0.05) is 23.6 Å². The number of benzene rings is 1. The number of methoxy groups -OCH3 is 1. The molecule has 0 radical (unpaired) electrons. The van der Waals surface area contributed by atoms with Crippen molar-refractivity contribution < 1.29 is 14.3 Å². The molecule has 0 aromatic heterocycles. The Morgan fingerprint density at radius 1 is 1.41 bits per heavy atom. The molecule has 120 valence electrons. The summed E-state index contributed by atoms with van der Waals surface area (Å²) in [5.74, 6) is 0.201. The van der Waals surface area contributed by atoms with Crippen LogP contribution in [0, 0.1) is 0 Å². The van der Waals surface area contributed by atoms with Gasteiger partial charge in [-0.05, 0) is 47.0 Å². The van der Waals surface area contributed by atoms with E-state index in [1.807, 2.05) is 4.90 Å². The van der Waals surface area contributed by atoms with Gasteiger partial charge in [0.05, 0.1) is 19.2 Å². The summed E-state index contributed by atoms with van der Waals surface area (Å²) in [5, 5.41) is 3.03. The Hall–Kier alpha value is -1.60. The zero-order valence-corrected chi connectivity index (χ0v) is 14.1. The maximum absolute atomic E-state index is 12.4. The van der Waals surface area contributed by atoms with Crippen LogP contribution in [0.5, 0.6) is 5.75 Å². The summed E-state index contributed by atoms with van der Waals surface area (Å²) in [6.45, 7) is 1.79. The van der Waals surface area contributed by atoms with E-state index in [-0.39, 0.29) is 24.4 Å². The summed E-state index contributed by atoms with van der Waals surface area (Å²) in [5.41, 5.74) is 5.75. The molecule has 1 saturated heterocycles. The van der Waals surface area contributed by atoms with Gasteiger partial charge in [-0.15, -0.1) is 0 Å². The van der Waals surface area contributed by atoms with Crippen LogP contribution in [0.15, 0.2) is 22.7 Å². The molecule has 0 bridgehead atoms.